The molecule has 0 fully saturated rings. The van der Waals surface area contributed by atoms with Gasteiger partial charge in [-0.1, -0.05) is 24.6 Å². The van der Waals surface area contributed by atoms with Crippen molar-refractivity contribution in [2.75, 3.05) is 7.11 Å². The number of alkyl halides is 1. The van der Waals surface area contributed by atoms with Crippen molar-refractivity contribution >= 4 is 11.6 Å². The van der Waals surface area contributed by atoms with E-state index in [9.17, 15) is 0 Å². The van der Waals surface area contributed by atoms with Gasteiger partial charge in [0.15, 0.2) is 0 Å². The number of halogens is 1. The molecule has 2 nitrogen and oxygen atoms in total. The molecule has 18 heavy (non-hydrogen) atoms. The summed E-state index contributed by atoms with van der Waals surface area (Å²) in [5.41, 5.74) is 2.09. The largest absolute Gasteiger partial charge is 0.496 e. The van der Waals surface area contributed by atoms with E-state index in [-0.39, 0.29) is 5.38 Å². The molecule has 0 spiro atoms. The first-order valence-electron chi connectivity index (χ1n) is 6.03. The summed E-state index contributed by atoms with van der Waals surface area (Å²) in [5.74, 6) is 2.50. The van der Waals surface area contributed by atoms with Gasteiger partial charge in [-0.05, 0) is 25.1 Å². The molecular formula is C15H17ClO2. The van der Waals surface area contributed by atoms with E-state index in [4.69, 9.17) is 20.8 Å². The smallest absolute Gasteiger partial charge is 0.126 e. The highest BCUT2D eigenvalue weighted by Crippen LogP contribution is 2.36. The molecule has 0 radical (unpaired) electrons. The topological polar surface area (TPSA) is 22.4 Å². The van der Waals surface area contributed by atoms with Crippen LogP contribution >= 0.6 is 11.6 Å². The molecule has 0 aliphatic carbocycles. The predicted octanol–water partition coefficient (Wildman–Crippen LogP) is 4.49. The third-order valence-corrected chi connectivity index (χ3v) is 3.39. The summed E-state index contributed by atoms with van der Waals surface area (Å²) in [5, 5.41) is -0.319. The van der Waals surface area contributed by atoms with E-state index in [2.05, 4.69) is 6.92 Å². The summed E-state index contributed by atoms with van der Waals surface area (Å²) in [4.78, 5) is 0. The Bertz CT molecular complexity index is 531. The molecule has 1 heterocycles. The molecular weight excluding hydrogens is 248 g/mol. The van der Waals surface area contributed by atoms with Crippen molar-refractivity contribution in [2.45, 2.75) is 25.6 Å². The number of methoxy groups -OCH3 is 1. The van der Waals surface area contributed by atoms with Gasteiger partial charge in [-0.2, -0.15) is 0 Å². The molecule has 96 valence electrons. The van der Waals surface area contributed by atoms with Crippen LogP contribution in [0.25, 0.3) is 0 Å². The standard InChI is InChI=1S/C15H17ClO2/c1-4-11-6-8-14(18-11)15(16)12-9-10(2)5-7-13(12)17-3/h5-9,15H,4H2,1-3H3. The van der Waals surface area contributed by atoms with Gasteiger partial charge in [0, 0.05) is 12.0 Å². The van der Waals surface area contributed by atoms with Gasteiger partial charge in [-0.25, -0.2) is 0 Å². The van der Waals surface area contributed by atoms with Gasteiger partial charge in [0.05, 0.1) is 7.11 Å². The highest BCUT2D eigenvalue weighted by atomic mass is 35.5. The first-order chi connectivity index (χ1) is 8.65. The van der Waals surface area contributed by atoms with Crippen LogP contribution in [0.1, 0.15) is 34.9 Å². The van der Waals surface area contributed by atoms with Crippen molar-refractivity contribution in [3.8, 4) is 5.75 Å². The normalized spacial score (nSPS) is 12.4. The molecule has 0 bridgehead atoms. The second-order valence-electron chi connectivity index (χ2n) is 4.27. The fraction of sp³-hybridized carbons (Fsp3) is 0.333. The summed E-state index contributed by atoms with van der Waals surface area (Å²) in [6, 6.07) is 9.87. The van der Waals surface area contributed by atoms with Gasteiger partial charge in [-0.3, -0.25) is 0 Å². The van der Waals surface area contributed by atoms with Crippen LogP contribution in [0.5, 0.6) is 5.75 Å². The van der Waals surface area contributed by atoms with Crippen molar-refractivity contribution < 1.29 is 9.15 Å². The van der Waals surface area contributed by atoms with Gasteiger partial charge in [0.2, 0.25) is 0 Å². The van der Waals surface area contributed by atoms with E-state index >= 15 is 0 Å². The van der Waals surface area contributed by atoms with Crippen LogP contribution in [0.2, 0.25) is 0 Å². The SMILES string of the molecule is CCc1ccc(C(Cl)c2cc(C)ccc2OC)o1. The number of benzene rings is 1. The summed E-state index contributed by atoms with van der Waals surface area (Å²) >= 11 is 6.48. The van der Waals surface area contributed by atoms with E-state index < -0.39 is 0 Å². The Morgan fingerprint density at radius 1 is 1.28 bits per heavy atom. The molecule has 0 aliphatic rings. The highest BCUT2D eigenvalue weighted by Gasteiger charge is 2.19. The van der Waals surface area contributed by atoms with Gasteiger partial charge in [0.1, 0.15) is 22.6 Å². The van der Waals surface area contributed by atoms with Crippen molar-refractivity contribution in [3.05, 3.63) is 53.0 Å². The number of furan rings is 1. The van der Waals surface area contributed by atoms with Gasteiger partial charge < -0.3 is 9.15 Å². The molecule has 0 N–H and O–H groups in total. The van der Waals surface area contributed by atoms with Crippen molar-refractivity contribution in [3.63, 3.8) is 0 Å². The van der Waals surface area contributed by atoms with Crippen LogP contribution in [0.3, 0.4) is 0 Å². The molecule has 0 aliphatic heterocycles. The minimum Gasteiger partial charge on any atom is -0.496 e. The lowest BCUT2D eigenvalue weighted by Gasteiger charge is -2.13. The molecule has 0 amide bonds. The maximum atomic E-state index is 6.48. The zero-order valence-electron chi connectivity index (χ0n) is 10.9. The Balaban J connectivity index is 2.38. The van der Waals surface area contributed by atoms with Gasteiger partial charge in [-0.15, -0.1) is 11.6 Å². The lowest BCUT2D eigenvalue weighted by atomic mass is 10.1. The van der Waals surface area contributed by atoms with E-state index in [0.717, 1.165) is 34.8 Å². The minimum absolute atomic E-state index is 0.319. The van der Waals surface area contributed by atoms with E-state index in [1.54, 1.807) is 7.11 Å². The van der Waals surface area contributed by atoms with Crippen molar-refractivity contribution in [1.82, 2.24) is 0 Å². The van der Waals surface area contributed by atoms with Crippen LogP contribution in [0.4, 0.5) is 0 Å². The molecule has 2 rings (SSSR count). The van der Waals surface area contributed by atoms with Crippen LogP contribution in [-0.4, -0.2) is 7.11 Å². The monoisotopic (exact) mass is 264 g/mol. The average molecular weight is 265 g/mol. The first-order valence-corrected chi connectivity index (χ1v) is 6.46. The second-order valence-corrected chi connectivity index (χ2v) is 4.70. The summed E-state index contributed by atoms with van der Waals surface area (Å²) in [6.45, 7) is 4.09. The maximum Gasteiger partial charge on any atom is 0.126 e. The average Bonchev–Trinajstić information content (AvgIpc) is 2.86. The minimum atomic E-state index is -0.319. The second kappa shape index (κ2) is 5.49. The fourth-order valence-electron chi connectivity index (χ4n) is 1.93. The molecule has 1 aromatic heterocycles. The quantitative estimate of drug-likeness (QED) is 0.760. The number of ether oxygens (including phenoxy) is 1. The van der Waals surface area contributed by atoms with Crippen molar-refractivity contribution in [2.24, 2.45) is 0 Å². The zero-order valence-corrected chi connectivity index (χ0v) is 11.6. The fourth-order valence-corrected chi connectivity index (χ4v) is 2.21. The Hall–Kier alpha value is -1.41. The van der Waals surface area contributed by atoms with Crippen LogP contribution in [0, 0.1) is 6.92 Å². The van der Waals surface area contributed by atoms with Crippen LogP contribution < -0.4 is 4.74 Å². The number of aryl methyl sites for hydroxylation is 2. The Labute approximate surface area is 113 Å². The lowest BCUT2D eigenvalue weighted by molar-refractivity contribution is 0.406. The van der Waals surface area contributed by atoms with E-state index in [1.165, 1.54) is 0 Å². The summed E-state index contributed by atoms with van der Waals surface area (Å²) in [6.07, 6.45) is 0.870. The van der Waals surface area contributed by atoms with Crippen LogP contribution in [0.15, 0.2) is 34.7 Å². The summed E-state index contributed by atoms with van der Waals surface area (Å²) < 4.78 is 11.1. The molecule has 0 saturated heterocycles. The number of rotatable bonds is 4. The highest BCUT2D eigenvalue weighted by molar-refractivity contribution is 6.22. The molecule has 3 heteroatoms. The Morgan fingerprint density at radius 3 is 2.67 bits per heavy atom. The maximum absolute atomic E-state index is 6.48. The first kappa shape index (κ1) is 13.0. The zero-order chi connectivity index (χ0) is 13.1. The van der Waals surface area contributed by atoms with Crippen molar-refractivity contribution in [1.29, 1.82) is 0 Å². The summed E-state index contributed by atoms with van der Waals surface area (Å²) in [7, 11) is 1.65. The molecule has 1 aromatic carbocycles. The number of hydrogen-bond acceptors (Lipinski definition) is 2. The third-order valence-electron chi connectivity index (χ3n) is 2.94. The van der Waals surface area contributed by atoms with Gasteiger partial charge >= 0.3 is 0 Å². The van der Waals surface area contributed by atoms with Gasteiger partial charge in [0.25, 0.3) is 0 Å². The van der Waals surface area contributed by atoms with E-state index in [0.29, 0.717) is 0 Å². The van der Waals surface area contributed by atoms with E-state index in [1.807, 2.05) is 37.3 Å². The molecule has 2 aromatic rings. The molecule has 1 atom stereocenters. The third kappa shape index (κ3) is 2.54. The Kier molecular flexibility index (Phi) is 3.97. The van der Waals surface area contributed by atoms with Crippen LogP contribution in [-0.2, 0) is 6.42 Å². The molecule has 1 unspecified atom stereocenters. The molecule has 0 saturated carbocycles. The number of hydrogen-bond donors (Lipinski definition) is 0. The predicted molar refractivity (Wildman–Crippen MR) is 73.5 cm³/mol. The lowest BCUT2D eigenvalue weighted by Crippen LogP contribution is -1.97. The Morgan fingerprint density at radius 2 is 2.06 bits per heavy atom.